The number of amides is 2. The molecular formula is C14H18N2O4S. The Morgan fingerprint density at radius 2 is 2.10 bits per heavy atom. The maximum Gasteiger partial charge on any atom is 0.306 e. The lowest BCUT2D eigenvalue weighted by molar-refractivity contribution is -0.143. The molecule has 0 bridgehead atoms. The van der Waals surface area contributed by atoms with Crippen molar-refractivity contribution in [3.63, 3.8) is 0 Å². The Morgan fingerprint density at radius 3 is 2.67 bits per heavy atom. The van der Waals surface area contributed by atoms with Gasteiger partial charge < -0.3 is 15.3 Å². The van der Waals surface area contributed by atoms with Crippen LogP contribution in [0.4, 0.5) is 5.00 Å². The van der Waals surface area contributed by atoms with Gasteiger partial charge in [0.15, 0.2) is 0 Å². The monoisotopic (exact) mass is 310 g/mol. The number of piperidine rings is 1. The number of hydrogen-bond acceptors (Lipinski definition) is 4. The average molecular weight is 310 g/mol. The Balaban J connectivity index is 2.05. The molecule has 2 unspecified atom stereocenters. The van der Waals surface area contributed by atoms with E-state index in [2.05, 4.69) is 5.32 Å². The van der Waals surface area contributed by atoms with Gasteiger partial charge in [-0.05, 0) is 31.9 Å². The van der Waals surface area contributed by atoms with Gasteiger partial charge in [0.25, 0.3) is 5.91 Å². The van der Waals surface area contributed by atoms with Gasteiger partial charge in [-0.15, -0.1) is 11.3 Å². The van der Waals surface area contributed by atoms with Gasteiger partial charge in [-0.1, -0.05) is 0 Å². The molecule has 1 saturated heterocycles. The van der Waals surface area contributed by atoms with Gasteiger partial charge in [0.2, 0.25) is 5.91 Å². The quantitative estimate of drug-likeness (QED) is 0.894. The smallest absolute Gasteiger partial charge is 0.306 e. The van der Waals surface area contributed by atoms with E-state index in [4.69, 9.17) is 5.11 Å². The molecule has 2 rings (SSSR count). The van der Waals surface area contributed by atoms with E-state index in [1.165, 1.54) is 18.3 Å². The zero-order chi connectivity index (χ0) is 15.6. The van der Waals surface area contributed by atoms with Crippen LogP contribution in [-0.2, 0) is 9.59 Å². The van der Waals surface area contributed by atoms with Crippen LogP contribution in [0.25, 0.3) is 0 Å². The summed E-state index contributed by atoms with van der Waals surface area (Å²) in [6, 6.07) is 3.29. The lowest BCUT2D eigenvalue weighted by atomic mass is 9.91. The van der Waals surface area contributed by atoms with Crippen LogP contribution in [0.15, 0.2) is 12.1 Å². The number of anilines is 1. The third-order valence-corrected chi connectivity index (χ3v) is 4.59. The molecule has 6 nitrogen and oxygen atoms in total. The Kier molecular flexibility index (Phi) is 4.62. The molecule has 0 aromatic carbocycles. The minimum Gasteiger partial charge on any atom is -0.481 e. The first-order chi connectivity index (χ1) is 9.88. The average Bonchev–Trinajstić information content (AvgIpc) is 2.85. The summed E-state index contributed by atoms with van der Waals surface area (Å²) in [6.45, 7) is 3.74. The Hall–Kier alpha value is -1.89. The number of nitrogens with zero attached hydrogens (tertiary/aromatic N) is 1. The number of thiophene rings is 1. The first-order valence-corrected chi connectivity index (χ1v) is 7.61. The zero-order valence-corrected chi connectivity index (χ0v) is 12.8. The molecule has 1 fully saturated rings. The minimum atomic E-state index is -0.794. The van der Waals surface area contributed by atoms with Crippen LogP contribution in [0.3, 0.4) is 0 Å². The van der Waals surface area contributed by atoms with Crippen molar-refractivity contribution in [2.45, 2.75) is 32.7 Å². The molecule has 2 heterocycles. The van der Waals surface area contributed by atoms with E-state index in [9.17, 15) is 14.4 Å². The number of carboxylic acid groups (broad SMARTS) is 1. The first-order valence-electron chi connectivity index (χ1n) is 6.79. The van der Waals surface area contributed by atoms with Gasteiger partial charge in [0.05, 0.1) is 15.8 Å². The van der Waals surface area contributed by atoms with Crippen LogP contribution in [0, 0.1) is 5.92 Å². The summed E-state index contributed by atoms with van der Waals surface area (Å²) in [5, 5.41) is 12.3. The Bertz CT molecular complexity index is 569. The van der Waals surface area contributed by atoms with Gasteiger partial charge in [-0.2, -0.15) is 0 Å². The van der Waals surface area contributed by atoms with Crippen LogP contribution in [-0.4, -0.2) is 40.4 Å². The van der Waals surface area contributed by atoms with Crippen LogP contribution in [0.1, 0.15) is 36.4 Å². The van der Waals surface area contributed by atoms with E-state index in [0.717, 1.165) is 0 Å². The fraction of sp³-hybridized carbons (Fsp3) is 0.500. The summed E-state index contributed by atoms with van der Waals surface area (Å²) in [5.74, 6) is -1.44. The molecule has 2 N–H and O–H groups in total. The third kappa shape index (κ3) is 3.60. The van der Waals surface area contributed by atoms with Gasteiger partial charge in [-0.3, -0.25) is 14.4 Å². The van der Waals surface area contributed by atoms with Gasteiger partial charge in [0, 0.05) is 19.5 Å². The number of carbonyl (C=O) groups excluding carboxylic acids is 2. The largest absolute Gasteiger partial charge is 0.481 e. The van der Waals surface area contributed by atoms with Crippen molar-refractivity contribution in [1.82, 2.24) is 4.90 Å². The topological polar surface area (TPSA) is 86.7 Å². The standard InChI is InChI=1S/C14H18N2O4S/c1-8-7-10(14(19)20)5-6-16(8)13(18)11-3-4-12(21-11)15-9(2)17/h3-4,8,10H,5-7H2,1-2H3,(H,15,17)(H,19,20). The second kappa shape index (κ2) is 6.26. The molecule has 114 valence electrons. The van der Waals surface area contributed by atoms with Crippen LogP contribution >= 0.6 is 11.3 Å². The molecule has 1 aliphatic heterocycles. The molecule has 2 atom stereocenters. The second-order valence-corrected chi connectivity index (χ2v) is 6.34. The minimum absolute atomic E-state index is 0.0985. The van der Waals surface area contributed by atoms with Crippen molar-refractivity contribution in [2.75, 3.05) is 11.9 Å². The van der Waals surface area contributed by atoms with Crippen LogP contribution < -0.4 is 5.32 Å². The molecule has 1 aromatic rings. The Labute approximate surface area is 126 Å². The van der Waals surface area contributed by atoms with E-state index in [-0.39, 0.29) is 23.8 Å². The number of aliphatic carboxylic acids is 1. The second-order valence-electron chi connectivity index (χ2n) is 5.25. The predicted molar refractivity (Wildman–Crippen MR) is 79.5 cm³/mol. The maximum atomic E-state index is 12.5. The molecule has 0 radical (unpaired) electrons. The van der Waals surface area contributed by atoms with Crippen LogP contribution in [0.2, 0.25) is 0 Å². The van der Waals surface area contributed by atoms with E-state index >= 15 is 0 Å². The molecule has 7 heteroatoms. The molecular weight excluding hydrogens is 292 g/mol. The van der Waals surface area contributed by atoms with Crippen molar-refractivity contribution in [2.24, 2.45) is 5.92 Å². The summed E-state index contributed by atoms with van der Waals surface area (Å²) in [6.07, 6.45) is 0.959. The summed E-state index contributed by atoms with van der Waals surface area (Å²) in [7, 11) is 0. The highest BCUT2D eigenvalue weighted by molar-refractivity contribution is 7.18. The van der Waals surface area contributed by atoms with Gasteiger partial charge >= 0.3 is 5.97 Å². The first kappa shape index (κ1) is 15.5. The molecule has 1 aliphatic rings. The summed E-state index contributed by atoms with van der Waals surface area (Å²) in [4.78, 5) is 36.7. The fourth-order valence-corrected chi connectivity index (χ4v) is 3.44. The molecule has 21 heavy (non-hydrogen) atoms. The van der Waals surface area contributed by atoms with Crippen molar-refractivity contribution < 1.29 is 19.5 Å². The summed E-state index contributed by atoms with van der Waals surface area (Å²) >= 11 is 1.23. The number of hydrogen-bond donors (Lipinski definition) is 2. The predicted octanol–water partition coefficient (Wildman–Crippen LogP) is 2.03. The SMILES string of the molecule is CC(=O)Nc1ccc(C(=O)N2CCC(C(=O)O)CC2C)s1. The number of rotatable bonds is 3. The van der Waals surface area contributed by atoms with E-state index in [1.54, 1.807) is 17.0 Å². The van der Waals surface area contributed by atoms with Gasteiger partial charge in [-0.25, -0.2) is 0 Å². The number of likely N-dealkylation sites (tertiary alicyclic amines) is 1. The molecule has 0 aliphatic carbocycles. The molecule has 0 spiro atoms. The highest BCUT2D eigenvalue weighted by atomic mass is 32.1. The van der Waals surface area contributed by atoms with Crippen molar-refractivity contribution >= 4 is 34.1 Å². The number of carboxylic acids is 1. The van der Waals surface area contributed by atoms with Crippen LogP contribution in [0.5, 0.6) is 0 Å². The zero-order valence-electron chi connectivity index (χ0n) is 12.0. The normalized spacial score (nSPS) is 21.9. The molecule has 0 saturated carbocycles. The highest BCUT2D eigenvalue weighted by Gasteiger charge is 2.33. The van der Waals surface area contributed by atoms with Gasteiger partial charge in [0.1, 0.15) is 0 Å². The lowest BCUT2D eigenvalue weighted by Crippen LogP contribution is -2.45. The Morgan fingerprint density at radius 1 is 1.38 bits per heavy atom. The van der Waals surface area contributed by atoms with E-state index in [0.29, 0.717) is 29.3 Å². The fourth-order valence-electron chi connectivity index (χ4n) is 2.53. The van der Waals surface area contributed by atoms with Crippen molar-refractivity contribution in [3.05, 3.63) is 17.0 Å². The number of nitrogens with one attached hydrogen (secondary N) is 1. The lowest BCUT2D eigenvalue weighted by Gasteiger charge is -2.36. The van der Waals surface area contributed by atoms with E-state index < -0.39 is 5.97 Å². The maximum absolute atomic E-state index is 12.5. The summed E-state index contributed by atoms with van der Waals surface area (Å²) < 4.78 is 0. The van der Waals surface area contributed by atoms with Crippen molar-refractivity contribution in [1.29, 1.82) is 0 Å². The third-order valence-electron chi connectivity index (χ3n) is 3.60. The van der Waals surface area contributed by atoms with E-state index in [1.807, 2.05) is 6.92 Å². The molecule has 2 amide bonds. The summed E-state index contributed by atoms with van der Waals surface area (Å²) in [5.41, 5.74) is 0. The highest BCUT2D eigenvalue weighted by Crippen LogP contribution is 2.28. The number of carbonyl (C=O) groups is 3. The molecule has 1 aromatic heterocycles. The van der Waals surface area contributed by atoms with Crippen molar-refractivity contribution in [3.8, 4) is 0 Å².